The second-order valence-corrected chi connectivity index (χ2v) is 5.27. The predicted octanol–water partition coefficient (Wildman–Crippen LogP) is 3.14. The zero-order valence-electron chi connectivity index (χ0n) is 11.2. The van der Waals surface area contributed by atoms with Gasteiger partial charge in [0, 0.05) is 5.69 Å². The number of nitrogens with one attached hydrogen (secondary N) is 1. The Morgan fingerprint density at radius 2 is 2.00 bits per heavy atom. The molecule has 0 aliphatic heterocycles. The molecule has 0 heterocycles. The van der Waals surface area contributed by atoms with Crippen molar-refractivity contribution >= 4 is 11.7 Å². The van der Waals surface area contributed by atoms with Crippen molar-refractivity contribution in [2.45, 2.75) is 46.3 Å². The van der Waals surface area contributed by atoms with Crippen molar-refractivity contribution in [1.82, 2.24) is 0 Å². The molecule has 1 aromatic rings. The molecule has 0 amide bonds. The topological polar surface area (TPSA) is 38.3 Å². The van der Waals surface area contributed by atoms with Crippen LogP contribution in [0.2, 0.25) is 0 Å². The number of carbonyl (C=O) groups excluding carboxylic acids is 1. The minimum absolute atomic E-state index is 0.237. The van der Waals surface area contributed by atoms with Gasteiger partial charge in [0.25, 0.3) is 0 Å². The van der Waals surface area contributed by atoms with Crippen LogP contribution < -0.4 is 5.32 Å². The number of benzene rings is 1. The van der Waals surface area contributed by atoms with Crippen LogP contribution in [0.5, 0.6) is 0 Å². The average Bonchev–Trinajstić information content (AvgIpc) is 2.14. The van der Waals surface area contributed by atoms with E-state index >= 15 is 0 Å². The van der Waals surface area contributed by atoms with Gasteiger partial charge in [-0.3, -0.25) is 0 Å². The maximum atomic E-state index is 11.8. The maximum Gasteiger partial charge on any atom is 0.328 e. The Morgan fingerprint density at radius 3 is 2.53 bits per heavy atom. The van der Waals surface area contributed by atoms with Crippen molar-refractivity contribution < 1.29 is 9.53 Å². The number of hydrogen-bond acceptors (Lipinski definition) is 3. The van der Waals surface area contributed by atoms with Crippen molar-refractivity contribution in [2.75, 3.05) is 5.32 Å². The quantitative estimate of drug-likeness (QED) is 0.818. The second kappa shape index (κ2) is 5.21. The van der Waals surface area contributed by atoms with Crippen molar-refractivity contribution in [1.29, 1.82) is 0 Å². The highest BCUT2D eigenvalue weighted by Crippen LogP contribution is 2.13. The van der Waals surface area contributed by atoms with E-state index in [2.05, 4.69) is 5.32 Å². The first-order valence-corrected chi connectivity index (χ1v) is 5.84. The van der Waals surface area contributed by atoms with Gasteiger partial charge in [0.15, 0.2) is 0 Å². The van der Waals surface area contributed by atoms with Crippen LogP contribution >= 0.6 is 0 Å². The number of ether oxygens (including phenoxy) is 1. The van der Waals surface area contributed by atoms with E-state index in [-0.39, 0.29) is 12.0 Å². The molecule has 1 aromatic carbocycles. The lowest BCUT2D eigenvalue weighted by Crippen LogP contribution is -2.34. The van der Waals surface area contributed by atoms with Crippen LogP contribution in [-0.2, 0) is 9.53 Å². The molecule has 1 N–H and O–H groups in total. The van der Waals surface area contributed by atoms with Crippen LogP contribution in [0, 0.1) is 6.92 Å². The molecule has 0 saturated carbocycles. The van der Waals surface area contributed by atoms with Gasteiger partial charge in [-0.25, -0.2) is 4.79 Å². The summed E-state index contributed by atoms with van der Waals surface area (Å²) in [6.07, 6.45) is 0. The molecule has 0 aliphatic carbocycles. The number of carbonyl (C=O) groups is 1. The Bertz CT molecular complexity index is 393. The highest BCUT2D eigenvalue weighted by atomic mass is 16.6. The van der Waals surface area contributed by atoms with Gasteiger partial charge in [0.1, 0.15) is 11.6 Å². The van der Waals surface area contributed by atoms with Gasteiger partial charge in [0.2, 0.25) is 0 Å². The standard InChI is InChI=1S/C14H21NO2/c1-10-7-6-8-12(9-10)15-11(2)13(16)17-14(3,4)5/h6-9,11,15H,1-5H3. The van der Waals surface area contributed by atoms with Crippen LogP contribution in [-0.4, -0.2) is 17.6 Å². The molecule has 0 aromatic heterocycles. The number of esters is 1. The highest BCUT2D eigenvalue weighted by Gasteiger charge is 2.21. The summed E-state index contributed by atoms with van der Waals surface area (Å²) in [6, 6.07) is 7.56. The number of aryl methyl sites for hydroxylation is 1. The maximum absolute atomic E-state index is 11.8. The summed E-state index contributed by atoms with van der Waals surface area (Å²) in [4.78, 5) is 11.8. The Morgan fingerprint density at radius 1 is 1.35 bits per heavy atom. The Kier molecular flexibility index (Phi) is 4.16. The normalized spacial score (nSPS) is 13.0. The van der Waals surface area contributed by atoms with E-state index in [9.17, 15) is 4.79 Å². The van der Waals surface area contributed by atoms with Gasteiger partial charge in [-0.15, -0.1) is 0 Å². The summed E-state index contributed by atoms with van der Waals surface area (Å²) in [6.45, 7) is 9.42. The highest BCUT2D eigenvalue weighted by molar-refractivity contribution is 5.79. The first-order chi connectivity index (χ1) is 7.78. The zero-order chi connectivity index (χ0) is 13.1. The molecule has 0 fully saturated rings. The fourth-order valence-electron chi connectivity index (χ4n) is 1.43. The van der Waals surface area contributed by atoms with Crippen LogP contribution in [0.3, 0.4) is 0 Å². The van der Waals surface area contributed by atoms with Crippen LogP contribution in [0.15, 0.2) is 24.3 Å². The van der Waals surface area contributed by atoms with Gasteiger partial charge in [-0.2, -0.15) is 0 Å². The fraction of sp³-hybridized carbons (Fsp3) is 0.500. The monoisotopic (exact) mass is 235 g/mol. The molecule has 17 heavy (non-hydrogen) atoms. The van der Waals surface area contributed by atoms with Crippen molar-refractivity contribution in [3.63, 3.8) is 0 Å². The summed E-state index contributed by atoms with van der Waals surface area (Å²) in [5.41, 5.74) is 1.65. The molecular formula is C14H21NO2. The molecule has 1 rings (SSSR count). The van der Waals surface area contributed by atoms with E-state index in [0.29, 0.717) is 0 Å². The van der Waals surface area contributed by atoms with Crippen molar-refractivity contribution in [2.24, 2.45) is 0 Å². The van der Waals surface area contributed by atoms with Gasteiger partial charge in [0.05, 0.1) is 0 Å². The van der Waals surface area contributed by atoms with Crippen molar-refractivity contribution in [3.8, 4) is 0 Å². The molecule has 94 valence electrons. The molecule has 0 saturated heterocycles. The van der Waals surface area contributed by atoms with E-state index < -0.39 is 5.60 Å². The van der Waals surface area contributed by atoms with Crippen LogP contribution in [0.4, 0.5) is 5.69 Å². The summed E-state index contributed by atoms with van der Waals surface area (Å²) in [5, 5.41) is 3.13. The first kappa shape index (κ1) is 13.6. The summed E-state index contributed by atoms with van der Waals surface area (Å²) in [7, 11) is 0. The van der Waals surface area contributed by atoms with Gasteiger partial charge < -0.3 is 10.1 Å². The van der Waals surface area contributed by atoms with Gasteiger partial charge in [-0.1, -0.05) is 12.1 Å². The third kappa shape index (κ3) is 4.89. The molecule has 0 bridgehead atoms. The molecule has 3 nitrogen and oxygen atoms in total. The van der Waals surface area contributed by atoms with E-state index in [1.54, 1.807) is 6.92 Å². The average molecular weight is 235 g/mol. The molecule has 1 unspecified atom stereocenters. The number of rotatable bonds is 3. The summed E-state index contributed by atoms with van der Waals surface area (Å²) in [5.74, 6) is -0.237. The van der Waals surface area contributed by atoms with E-state index in [4.69, 9.17) is 4.74 Å². The molecule has 1 atom stereocenters. The first-order valence-electron chi connectivity index (χ1n) is 5.84. The predicted molar refractivity (Wildman–Crippen MR) is 70.1 cm³/mol. The molecule has 0 aliphatic rings. The van der Waals surface area contributed by atoms with E-state index in [0.717, 1.165) is 11.3 Å². The second-order valence-electron chi connectivity index (χ2n) is 5.27. The lowest BCUT2D eigenvalue weighted by molar-refractivity contribution is -0.155. The third-order valence-electron chi connectivity index (χ3n) is 2.16. The lowest BCUT2D eigenvalue weighted by atomic mass is 10.2. The Hall–Kier alpha value is -1.51. The molecular weight excluding hydrogens is 214 g/mol. The zero-order valence-corrected chi connectivity index (χ0v) is 11.2. The Balaban J connectivity index is 2.60. The van der Waals surface area contributed by atoms with Gasteiger partial charge >= 0.3 is 5.97 Å². The van der Waals surface area contributed by atoms with Gasteiger partial charge in [-0.05, 0) is 52.3 Å². The van der Waals surface area contributed by atoms with E-state index in [1.807, 2.05) is 52.0 Å². The fourth-order valence-corrected chi connectivity index (χ4v) is 1.43. The molecule has 0 radical (unpaired) electrons. The molecule has 0 spiro atoms. The summed E-state index contributed by atoms with van der Waals surface area (Å²) >= 11 is 0. The Labute approximate surface area is 103 Å². The van der Waals surface area contributed by atoms with E-state index in [1.165, 1.54) is 0 Å². The minimum atomic E-state index is -0.445. The largest absolute Gasteiger partial charge is 0.458 e. The molecule has 3 heteroatoms. The van der Waals surface area contributed by atoms with Crippen LogP contribution in [0.1, 0.15) is 33.3 Å². The van der Waals surface area contributed by atoms with Crippen LogP contribution in [0.25, 0.3) is 0 Å². The lowest BCUT2D eigenvalue weighted by Gasteiger charge is -2.23. The van der Waals surface area contributed by atoms with Crippen molar-refractivity contribution in [3.05, 3.63) is 29.8 Å². The smallest absolute Gasteiger partial charge is 0.328 e. The SMILES string of the molecule is Cc1cccc(NC(C)C(=O)OC(C)(C)C)c1. The third-order valence-corrected chi connectivity index (χ3v) is 2.16. The number of anilines is 1. The number of hydrogen-bond donors (Lipinski definition) is 1. The summed E-state index contributed by atoms with van der Waals surface area (Å²) < 4.78 is 5.30. The minimum Gasteiger partial charge on any atom is -0.458 e.